The number of pyridine rings is 1. The molecule has 0 bridgehead atoms. The van der Waals surface area contributed by atoms with Crippen LogP contribution in [0.4, 0.5) is 4.39 Å². The molecule has 0 spiro atoms. The average molecular weight is 297 g/mol. The summed E-state index contributed by atoms with van der Waals surface area (Å²) in [7, 11) is 4.01. The van der Waals surface area contributed by atoms with E-state index in [1.54, 1.807) is 0 Å². The van der Waals surface area contributed by atoms with E-state index in [0.717, 1.165) is 5.56 Å². The Balaban J connectivity index is 2.82. The summed E-state index contributed by atoms with van der Waals surface area (Å²) in [6.45, 7) is 11.4. The Morgan fingerprint density at radius 2 is 1.86 bits per heavy atom. The lowest BCUT2D eigenvalue weighted by Crippen LogP contribution is -2.43. The molecule has 1 aromatic rings. The Labute approximate surface area is 127 Å². The summed E-state index contributed by atoms with van der Waals surface area (Å²) in [4.78, 5) is 6.17. The normalized spacial score (nSPS) is 12.8. The van der Waals surface area contributed by atoms with E-state index in [4.69, 9.17) is 4.74 Å². The van der Waals surface area contributed by atoms with Gasteiger partial charge in [-0.25, -0.2) is 9.37 Å². The minimum absolute atomic E-state index is 0.0491. The van der Waals surface area contributed by atoms with Gasteiger partial charge in [0.25, 0.3) is 0 Å². The van der Waals surface area contributed by atoms with Gasteiger partial charge in [0.15, 0.2) is 0 Å². The molecule has 1 rings (SSSR count). The number of likely N-dealkylation sites (N-methyl/N-ethyl adjacent to an activating group) is 1. The molecule has 0 aromatic carbocycles. The molecule has 4 nitrogen and oxygen atoms in total. The first-order valence-electron chi connectivity index (χ1n) is 7.21. The second-order valence-corrected chi connectivity index (χ2v) is 7.22. The van der Waals surface area contributed by atoms with Gasteiger partial charge < -0.3 is 15.0 Å². The SMILES string of the molecule is CN(C)C(C)(C)COc1ncc(F)cc1CNC(C)(C)C. The van der Waals surface area contributed by atoms with Crippen molar-refractivity contribution in [1.82, 2.24) is 15.2 Å². The third kappa shape index (κ3) is 5.98. The van der Waals surface area contributed by atoms with Crippen LogP contribution in [0.5, 0.6) is 5.88 Å². The summed E-state index contributed by atoms with van der Waals surface area (Å²) in [6.07, 6.45) is 1.19. The van der Waals surface area contributed by atoms with E-state index in [1.807, 2.05) is 14.1 Å². The van der Waals surface area contributed by atoms with Gasteiger partial charge in [0, 0.05) is 23.2 Å². The maximum atomic E-state index is 13.4. The second-order valence-electron chi connectivity index (χ2n) is 7.22. The van der Waals surface area contributed by atoms with Crippen LogP contribution in [0.25, 0.3) is 0 Å². The smallest absolute Gasteiger partial charge is 0.218 e. The number of nitrogens with one attached hydrogen (secondary N) is 1. The van der Waals surface area contributed by atoms with Crippen molar-refractivity contribution in [2.75, 3.05) is 20.7 Å². The predicted molar refractivity (Wildman–Crippen MR) is 84.0 cm³/mol. The highest BCUT2D eigenvalue weighted by atomic mass is 19.1. The van der Waals surface area contributed by atoms with Crippen LogP contribution < -0.4 is 10.1 Å². The van der Waals surface area contributed by atoms with Gasteiger partial charge in [-0.1, -0.05) is 0 Å². The Morgan fingerprint density at radius 1 is 1.24 bits per heavy atom. The molecule has 0 aliphatic carbocycles. The first-order valence-corrected chi connectivity index (χ1v) is 7.21. The molecule has 0 unspecified atom stereocenters. The van der Waals surface area contributed by atoms with E-state index >= 15 is 0 Å². The first kappa shape index (κ1) is 17.9. The molecular formula is C16H28FN3O. The topological polar surface area (TPSA) is 37.4 Å². The van der Waals surface area contributed by atoms with E-state index < -0.39 is 0 Å². The minimum Gasteiger partial charge on any atom is -0.475 e. The fourth-order valence-corrected chi connectivity index (χ4v) is 1.46. The van der Waals surface area contributed by atoms with Gasteiger partial charge in [0.2, 0.25) is 5.88 Å². The third-order valence-electron chi connectivity index (χ3n) is 3.47. The quantitative estimate of drug-likeness (QED) is 0.876. The maximum absolute atomic E-state index is 13.4. The molecule has 0 aliphatic rings. The molecule has 0 radical (unpaired) electrons. The molecule has 0 amide bonds. The van der Waals surface area contributed by atoms with Gasteiger partial charge in [-0.2, -0.15) is 0 Å². The number of hydrogen-bond acceptors (Lipinski definition) is 4. The summed E-state index contributed by atoms with van der Waals surface area (Å²) >= 11 is 0. The van der Waals surface area contributed by atoms with Crippen molar-refractivity contribution in [3.63, 3.8) is 0 Å². The van der Waals surface area contributed by atoms with E-state index in [2.05, 4.69) is 49.8 Å². The highest BCUT2D eigenvalue weighted by Crippen LogP contribution is 2.20. The van der Waals surface area contributed by atoms with Crippen molar-refractivity contribution in [3.8, 4) is 5.88 Å². The molecule has 1 heterocycles. The maximum Gasteiger partial charge on any atom is 0.218 e. The van der Waals surface area contributed by atoms with Gasteiger partial charge in [-0.15, -0.1) is 0 Å². The summed E-state index contributed by atoms with van der Waals surface area (Å²) in [5.41, 5.74) is 0.566. The minimum atomic E-state index is -0.347. The highest BCUT2D eigenvalue weighted by molar-refractivity contribution is 5.26. The van der Waals surface area contributed by atoms with E-state index in [-0.39, 0.29) is 16.9 Å². The Kier molecular flexibility index (Phi) is 5.70. The molecule has 0 aliphatic heterocycles. The van der Waals surface area contributed by atoms with Crippen molar-refractivity contribution >= 4 is 0 Å². The first-order chi connectivity index (χ1) is 9.51. The molecule has 0 saturated carbocycles. The highest BCUT2D eigenvalue weighted by Gasteiger charge is 2.22. The van der Waals surface area contributed by atoms with E-state index in [0.29, 0.717) is 19.0 Å². The molecule has 0 saturated heterocycles. The van der Waals surface area contributed by atoms with Crippen molar-refractivity contribution in [2.45, 2.75) is 52.2 Å². The number of ether oxygens (including phenoxy) is 1. The fourth-order valence-electron chi connectivity index (χ4n) is 1.46. The molecule has 21 heavy (non-hydrogen) atoms. The zero-order valence-electron chi connectivity index (χ0n) is 14.2. The van der Waals surface area contributed by atoms with Crippen LogP contribution in [0.15, 0.2) is 12.3 Å². The summed E-state index contributed by atoms with van der Waals surface area (Å²) < 4.78 is 19.2. The van der Waals surface area contributed by atoms with Gasteiger partial charge in [0.05, 0.1) is 6.20 Å². The van der Waals surface area contributed by atoms with Crippen LogP contribution in [-0.2, 0) is 6.54 Å². The van der Waals surface area contributed by atoms with Gasteiger partial charge in [-0.05, 0) is 54.8 Å². The number of rotatable bonds is 6. The fraction of sp³-hybridized carbons (Fsp3) is 0.688. The molecule has 5 heteroatoms. The van der Waals surface area contributed by atoms with E-state index in [9.17, 15) is 4.39 Å². The van der Waals surface area contributed by atoms with Gasteiger partial charge >= 0.3 is 0 Å². The van der Waals surface area contributed by atoms with E-state index in [1.165, 1.54) is 12.3 Å². The molecule has 120 valence electrons. The molecule has 1 aromatic heterocycles. The van der Waals surface area contributed by atoms with Crippen LogP contribution in [0.3, 0.4) is 0 Å². The standard InChI is InChI=1S/C16H28FN3O/c1-15(2,3)19-9-12-8-13(17)10-18-14(12)21-11-16(4,5)20(6)7/h8,10,19H,9,11H2,1-7H3. The van der Waals surface area contributed by atoms with Crippen molar-refractivity contribution in [3.05, 3.63) is 23.6 Å². The zero-order chi connectivity index (χ0) is 16.3. The molecule has 0 atom stereocenters. The molecular weight excluding hydrogens is 269 g/mol. The average Bonchev–Trinajstić information content (AvgIpc) is 2.34. The van der Waals surface area contributed by atoms with Gasteiger partial charge in [0.1, 0.15) is 12.4 Å². The van der Waals surface area contributed by atoms with Crippen LogP contribution in [0.2, 0.25) is 0 Å². The molecule has 1 N–H and O–H groups in total. The van der Waals surface area contributed by atoms with Crippen molar-refractivity contribution in [1.29, 1.82) is 0 Å². The number of nitrogens with zero attached hydrogens (tertiary/aromatic N) is 2. The summed E-state index contributed by atoms with van der Waals surface area (Å²) in [5, 5.41) is 3.33. The Bertz CT molecular complexity index is 467. The van der Waals surface area contributed by atoms with Gasteiger partial charge in [-0.3, -0.25) is 0 Å². The predicted octanol–water partition coefficient (Wildman–Crippen LogP) is 2.83. The van der Waals surface area contributed by atoms with Crippen LogP contribution >= 0.6 is 0 Å². The number of hydrogen-bond donors (Lipinski definition) is 1. The number of aromatic nitrogens is 1. The monoisotopic (exact) mass is 297 g/mol. The molecule has 0 fully saturated rings. The Morgan fingerprint density at radius 3 is 2.38 bits per heavy atom. The second kappa shape index (κ2) is 6.71. The lowest BCUT2D eigenvalue weighted by atomic mass is 10.1. The summed E-state index contributed by atoms with van der Waals surface area (Å²) in [6, 6.07) is 1.48. The largest absolute Gasteiger partial charge is 0.475 e. The van der Waals surface area contributed by atoms with Crippen LogP contribution in [0, 0.1) is 5.82 Å². The summed E-state index contributed by atoms with van der Waals surface area (Å²) in [5.74, 6) is 0.142. The van der Waals surface area contributed by atoms with Crippen LogP contribution in [-0.4, -0.2) is 41.7 Å². The Hall–Kier alpha value is -1.20. The number of halogens is 1. The van der Waals surface area contributed by atoms with Crippen molar-refractivity contribution < 1.29 is 9.13 Å². The zero-order valence-corrected chi connectivity index (χ0v) is 14.2. The third-order valence-corrected chi connectivity index (χ3v) is 3.47. The van der Waals surface area contributed by atoms with Crippen molar-refractivity contribution in [2.24, 2.45) is 0 Å². The lowest BCUT2D eigenvalue weighted by Gasteiger charge is -2.32. The lowest BCUT2D eigenvalue weighted by molar-refractivity contribution is 0.110. The van der Waals surface area contributed by atoms with Crippen LogP contribution in [0.1, 0.15) is 40.2 Å².